The van der Waals surface area contributed by atoms with Crippen LogP contribution in [0.3, 0.4) is 0 Å². The number of anilines is 1. The molecule has 0 atom stereocenters. The Kier molecular flexibility index (Phi) is 3.30. The van der Waals surface area contributed by atoms with Crippen molar-refractivity contribution in [1.29, 1.82) is 0 Å². The first-order chi connectivity index (χ1) is 8.81. The van der Waals surface area contributed by atoms with Gasteiger partial charge in [0.1, 0.15) is 0 Å². The van der Waals surface area contributed by atoms with E-state index in [9.17, 15) is 0 Å². The van der Waals surface area contributed by atoms with Gasteiger partial charge in [0.2, 0.25) is 0 Å². The molecule has 1 aromatic carbocycles. The van der Waals surface area contributed by atoms with Crippen LogP contribution in [-0.2, 0) is 19.4 Å². The molecule has 18 heavy (non-hydrogen) atoms. The van der Waals surface area contributed by atoms with E-state index in [0.29, 0.717) is 0 Å². The van der Waals surface area contributed by atoms with Gasteiger partial charge >= 0.3 is 0 Å². The second-order valence-corrected chi connectivity index (χ2v) is 5.68. The summed E-state index contributed by atoms with van der Waals surface area (Å²) in [6, 6.07) is 8.19. The maximum absolute atomic E-state index is 5.71. The number of nitrogens with zero attached hydrogens (tertiary/aromatic N) is 2. The number of nitrogen functional groups attached to an aromatic ring is 1. The second-order valence-electron chi connectivity index (χ2n) is 4.74. The fourth-order valence-electron chi connectivity index (χ4n) is 2.38. The molecule has 0 fully saturated rings. The number of hydrogen-bond donors (Lipinski definition) is 1. The highest BCUT2D eigenvalue weighted by molar-refractivity contribution is 7.09. The van der Waals surface area contributed by atoms with Crippen molar-refractivity contribution in [3.05, 3.63) is 45.9 Å². The summed E-state index contributed by atoms with van der Waals surface area (Å²) in [6.07, 6.45) is 2.21. The van der Waals surface area contributed by atoms with Gasteiger partial charge in [0.05, 0.1) is 11.2 Å². The monoisotopic (exact) mass is 259 g/mol. The maximum atomic E-state index is 5.71. The second kappa shape index (κ2) is 5.08. The zero-order valence-electron chi connectivity index (χ0n) is 10.3. The number of rotatable bonds is 2. The van der Waals surface area contributed by atoms with Gasteiger partial charge in [-0.2, -0.15) is 0 Å². The Morgan fingerprint density at radius 1 is 1.17 bits per heavy atom. The average molecular weight is 259 g/mol. The number of hydrogen-bond acceptors (Lipinski definition) is 4. The SMILES string of the molecule is Nc1ccc(CN2CCc3ncsc3CC2)cc1. The molecule has 0 saturated carbocycles. The molecular weight excluding hydrogens is 242 g/mol. The molecule has 3 rings (SSSR count). The van der Waals surface area contributed by atoms with Crippen molar-refractivity contribution in [2.45, 2.75) is 19.4 Å². The standard InChI is InChI=1S/C14H17N3S/c15-12-3-1-11(2-4-12)9-17-7-5-13-14(6-8-17)18-10-16-13/h1-4,10H,5-9,15H2. The highest BCUT2D eigenvalue weighted by Crippen LogP contribution is 2.20. The fraction of sp³-hybridized carbons (Fsp3) is 0.357. The zero-order valence-corrected chi connectivity index (χ0v) is 11.1. The van der Waals surface area contributed by atoms with Crippen LogP contribution in [0.15, 0.2) is 29.8 Å². The minimum absolute atomic E-state index is 0.834. The molecule has 0 bridgehead atoms. The first kappa shape index (κ1) is 11.7. The summed E-state index contributed by atoms with van der Waals surface area (Å²) in [6.45, 7) is 3.23. The van der Waals surface area contributed by atoms with Crippen molar-refractivity contribution in [2.24, 2.45) is 0 Å². The molecule has 94 valence electrons. The number of fused-ring (bicyclic) bond motifs is 1. The van der Waals surface area contributed by atoms with Crippen LogP contribution in [0.25, 0.3) is 0 Å². The molecule has 0 spiro atoms. The third-order valence-electron chi connectivity index (χ3n) is 3.43. The van der Waals surface area contributed by atoms with E-state index >= 15 is 0 Å². The van der Waals surface area contributed by atoms with Gasteiger partial charge in [-0.3, -0.25) is 4.90 Å². The summed E-state index contributed by atoms with van der Waals surface area (Å²) in [5.74, 6) is 0. The van der Waals surface area contributed by atoms with Crippen LogP contribution in [-0.4, -0.2) is 23.0 Å². The summed E-state index contributed by atoms with van der Waals surface area (Å²) < 4.78 is 0. The van der Waals surface area contributed by atoms with E-state index in [1.54, 1.807) is 11.3 Å². The lowest BCUT2D eigenvalue weighted by molar-refractivity contribution is 0.279. The smallest absolute Gasteiger partial charge is 0.0797 e. The maximum Gasteiger partial charge on any atom is 0.0797 e. The third-order valence-corrected chi connectivity index (χ3v) is 4.37. The van der Waals surface area contributed by atoms with E-state index in [4.69, 9.17) is 5.73 Å². The molecule has 0 saturated heterocycles. The molecule has 2 aromatic rings. The molecule has 4 heteroatoms. The highest BCUT2D eigenvalue weighted by atomic mass is 32.1. The summed E-state index contributed by atoms with van der Waals surface area (Å²) in [5, 5.41) is 0. The van der Waals surface area contributed by atoms with Crippen molar-refractivity contribution < 1.29 is 0 Å². The Balaban J connectivity index is 1.65. The fourth-order valence-corrected chi connectivity index (χ4v) is 3.18. The molecule has 2 N–H and O–H groups in total. The van der Waals surface area contributed by atoms with Crippen molar-refractivity contribution in [2.75, 3.05) is 18.8 Å². The van der Waals surface area contributed by atoms with E-state index in [1.165, 1.54) is 16.1 Å². The van der Waals surface area contributed by atoms with Gasteiger partial charge in [-0.15, -0.1) is 11.3 Å². The van der Waals surface area contributed by atoms with Gasteiger partial charge < -0.3 is 5.73 Å². The Morgan fingerprint density at radius 3 is 2.78 bits per heavy atom. The molecule has 0 amide bonds. The molecule has 1 aliphatic heterocycles. The molecule has 1 aromatic heterocycles. The molecule has 0 unspecified atom stereocenters. The van der Waals surface area contributed by atoms with E-state index in [-0.39, 0.29) is 0 Å². The van der Waals surface area contributed by atoms with E-state index in [2.05, 4.69) is 22.0 Å². The first-order valence-electron chi connectivity index (χ1n) is 6.29. The summed E-state index contributed by atoms with van der Waals surface area (Å²) >= 11 is 1.79. The molecule has 0 aliphatic carbocycles. The first-order valence-corrected chi connectivity index (χ1v) is 7.17. The molecule has 2 heterocycles. The largest absolute Gasteiger partial charge is 0.399 e. The topological polar surface area (TPSA) is 42.1 Å². The van der Waals surface area contributed by atoms with Crippen molar-refractivity contribution in [3.8, 4) is 0 Å². The van der Waals surface area contributed by atoms with Gasteiger partial charge in [-0.25, -0.2) is 4.98 Å². The highest BCUT2D eigenvalue weighted by Gasteiger charge is 2.15. The van der Waals surface area contributed by atoms with Gasteiger partial charge in [0, 0.05) is 36.6 Å². The minimum atomic E-state index is 0.834. The minimum Gasteiger partial charge on any atom is -0.399 e. The predicted octanol–water partition coefficient (Wildman–Crippen LogP) is 2.33. The van der Waals surface area contributed by atoms with Crippen LogP contribution in [0, 0.1) is 0 Å². The van der Waals surface area contributed by atoms with E-state index < -0.39 is 0 Å². The Labute approximate surface area is 111 Å². The zero-order chi connectivity index (χ0) is 12.4. The van der Waals surface area contributed by atoms with Crippen LogP contribution < -0.4 is 5.73 Å². The van der Waals surface area contributed by atoms with Gasteiger partial charge in [-0.05, 0) is 24.1 Å². The van der Waals surface area contributed by atoms with Gasteiger partial charge in [-0.1, -0.05) is 12.1 Å². The van der Waals surface area contributed by atoms with Crippen LogP contribution in [0.4, 0.5) is 5.69 Å². The number of nitrogens with two attached hydrogens (primary N) is 1. The number of thiazole rings is 1. The predicted molar refractivity (Wildman–Crippen MR) is 75.7 cm³/mol. The van der Waals surface area contributed by atoms with Gasteiger partial charge in [0.15, 0.2) is 0 Å². The lowest BCUT2D eigenvalue weighted by atomic mass is 10.2. The Bertz CT molecular complexity index is 496. The van der Waals surface area contributed by atoms with Crippen LogP contribution in [0.1, 0.15) is 16.1 Å². The molecular formula is C14H17N3S. The quantitative estimate of drug-likeness (QED) is 0.842. The third kappa shape index (κ3) is 2.54. The van der Waals surface area contributed by atoms with Gasteiger partial charge in [0.25, 0.3) is 0 Å². The molecule has 3 nitrogen and oxygen atoms in total. The van der Waals surface area contributed by atoms with E-state index in [1.807, 2.05) is 17.6 Å². The summed E-state index contributed by atoms with van der Waals surface area (Å²) in [7, 11) is 0. The lowest BCUT2D eigenvalue weighted by Crippen LogP contribution is -2.25. The van der Waals surface area contributed by atoms with Crippen molar-refractivity contribution >= 4 is 17.0 Å². The van der Waals surface area contributed by atoms with Crippen molar-refractivity contribution in [1.82, 2.24) is 9.88 Å². The van der Waals surface area contributed by atoms with Crippen molar-refractivity contribution in [3.63, 3.8) is 0 Å². The summed E-state index contributed by atoms with van der Waals surface area (Å²) in [4.78, 5) is 8.41. The Morgan fingerprint density at radius 2 is 1.94 bits per heavy atom. The van der Waals surface area contributed by atoms with E-state index in [0.717, 1.165) is 38.2 Å². The lowest BCUT2D eigenvalue weighted by Gasteiger charge is -2.19. The van der Waals surface area contributed by atoms with Crippen LogP contribution in [0.5, 0.6) is 0 Å². The number of benzene rings is 1. The molecule has 1 aliphatic rings. The van der Waals surface area contributed by atoms with Crippen LogP contribution in [0.2, 0.25) is 0 Å². The molecule has 0 radical (unpaired) electrons. The normalized spacial score (nSPS) is 16.2. The Hall–Kier alpha value is -1.39. The number of aromatic nitrogens is 1. The van der Waals surface area contributed by atoms with Crippen LogP contribution >= 0.6 is 11.3 Å². The summed E-state index contributed by atoms with van der Waals surface area (Å²) in [5.41, 5.74) is 11.2. The average Bonchev–Trinajstić information content (AvgIpc) is 2.75.